The van der Waals surface area contributed by atoms with Gasteiger partial charge < -0.3 is 18.8 Å². The van der Waals surface area contributed by atoms with Crippen molar-refractivity contribution in [2.24, 2.45) is 0 Å². The van der Waals surface area contributed by atoms with Crippen LogP contribution in [-0.2, 0) is 19.0 Å². The fourth-order valence-corrected chi connectivity index (χ4v) is 1.87. The molecule has 0 amide bonds. The van der Waals surface area contributed by atoms with E-state index in [1.807, 2.05) is 49.9 Å². The van der Waals surface area contributed by atoms with Gasteiger partial charge in [0, 0.05) is 44.8 Å². The van der Waals surface area contributed by atoms with Crippen LogP contribution in [0.3, 0.4) is 0 Å². The Bertz CT molecular complexity index is 453. The maximum absolute atomic E-state index is 12.0. The first-order chi connectivity index (χ1) is 9.85. The largest absolute Gasteiger partial charge is 0.457 e. The van der Waals surface area contributed by atoms with Crippen LogP contribution in [0.2, 0.25) is 0 Å². The highest BCUT2D eigenvalue weighted by Gasteiger charge is 2.16. The number of allylic oxidation sites excluding steroid dienone is 1. The molecule has 0 spiro atoms. The van der Waals surface area contributed by atoms with Gasteiger partial charge in [0.25, 0.3) is 0 Å². The van der Waals surface area contributed by atoms with Gasteiger partial charge in [-0.1, -0.05) is 0 Å². The summed E-state index contributed by atoms with van der Waals surface area (Å²) in [5, 5.41) is 0. The van der Waals surface area contributed by atoms with Crippen LogP contribution in [-0.4, -0.2) is 36.6 Å². The summed E-state index contributed by atoms with van der Waals surface area (Å²) < 4.78 is 17.6. The lowest BCUT2D eigenvalue weighted by atomic mass is 10.2. The standard InChI is InChI=1S/C16H25NO4/c1-16(2,3)21-14(18)12-13(17-10-6-7-11-17)8-9-15(19-4)20-5/h6-7,10-12,15H,8-9H2,1-5H3/b13-12-. The predicted molar refractivity (Wildman–Crippen MR) is 81.6 cm³/mol. The molecule has 1 aromatic heterocycles. The molecule has 0 radical (unpaired) electrons. The minimum Gasteiger partial charge on any atom is -0.457 e. The van der Waals surface area contributed by atoms with Crippen LogP contribution < -0.4 is 0 Å². The van der Waals surface area contributed by atoms with Gasteiger partial charge in [0.15, 0.2) is 6.29 Å². The van der Waals surface area contributed by atoms with Gasteiger partial charge in [-0.3, -0.25) is 0 Å². The highest BCUT2D eigenvalue weighted by Crippen LogP contribution is 2.17. The first-order valence-corrected chi connectivity index (χ1v) is 6.98. The third kappa shape index (κ3) is 6.60. The second kappa shape index (κ2) is 8.00. The van der Waals surface area contributed by atoms with Gasteiger partial charge in [0.1, 0.15) is 5.60 Å². The lowest BCUT2D eigenvalue weighted by Crippen LogP contribution is -2.23. The van der Waals surface area contributed by atoms with E-state index in [-0.39, 0.29) is 12.3 Å². The number of rotatable bonds is 7. The summed E-state index contributed by atoms with van der Waals surface area (Å²) in [6, 6.07) is 3.82. The zero-order valence-electron chi connectivity index (χ0n) is 13.5. The summed E-state index contributed by atoms with van der Waals surface area (Å²) in [6.07, 6.45) is 6.31. The van der Waals surface area contributed by atoms with Crippen LogP contribution in [0.4, 0.5) is 0 Å². The molecule has 0 aromatic carbocycles. The molecule has 0 aliphatic heterocycles. The van der Waals surface area contributed by atoms with Gasteiger partial charge in [-0.15, -0.1) is 0 Å². The molecule has 5 nitrogen and oxygen atoms in total. The molecule has 0 atom stereocenters. The molecule has 0 N–H and O–H groups in total. The minimum absolute atomic E-state index is 0.289. The Morgan fingerprint density at radius 3 is 2.24 bits per heavy atom. The summed E-state index contributed by atoms with van der Waals surface area (Å²) in [7, 11) is 3.20. The van der Waals surface area contributed by atoms with Crippen molar-refractivity contribution in [3.05, 3.63) is 30.6 Å². The van der Waals surface area contributed by atoms with Gasteiger partial charge in [0.05, 0.1) is 0 Å². The van der Waals surface area contributed by atoms with Crippen molar-refractivity contribution in [2.75, 3.05) is 14.2 Å². The number of carbonyl (C=O) groups is 1. The molecule has 5 heteroatoms. The van der Waals surface area contributed by atoms with E-state index in [1.165, 1.54) is 6.08 Å². The Balaban J connectivity index is 2.81. The molecular formula is C16H25NO4. The van der Waals surface area contributed by atoms with E-state index >= 15 is 0 Å². The summed E-state index contributed by atoms with van der Waals surface area (Å²) in [5.74, 6) is -0.349. The van der Waals surface area contributed by atoms with Gasteiger partial charge >= 0.3 is 5.97 Å². The van der Waals surface area contributed by atoms with E-state index in [0.29, 0.717) is 12.8 Å². The minimum atomic E-state index is -0.503. The smallest absolute Gasteiger partial charge is 0.333 e. The average molecular weight is 295 g/mol. The van der Waals surface area contributed by atoms with Crippen molar-refractivity contribution >= 4 is 11.7 Å². The summed E-state index contributed by atoms with van der Waals surface area (Å²) in [6.45, 7) is 5.54. The zero-order chi connectivity index (χ0) is 15.9. The Morgan fingerprint density at radius 2 is 1.76 bits per heavy atom. The topological polar surface area (TPSA) is 49.7 Å². The third-order valence-corrected chi connectivity index (χ3v) is 2.79. The highest BCUT2D eigenvalue weighted by atomic mass is 16.7. The van der Waals surface area contributed by atoms with Crippen LogP contribution in [0.1, 0.15) is 33.6 Å². The third-order valence-electron chi connectivity index (χ3n) is 2.79. The van der Waals surface area contributed by atoms with Gasteiger partial charge in [-0.2, -0.15) is 0 Å². The van der Waals surface area contributed by atoms with Gasteiger partial charge in [-0.25, -0.2) is 4.79 Å². The number of methoxy groups -OCH3 is 2. The van der Waals surface area contributed by atoms with E-state index in [1.54, 1.807) is 14.2 Å². The molecule has 0 saturated heterocycles. The van der Waals surface area contributed by atoms with Crippen LogP contribution in [0.15, 0.2) is 30.6 Å². The fourth-order valence-electron chi connectivity index (χ4n) is 1.87. The van der Waals surface area contributed by atoms with E-state index in [2.05, 4.69) is 0 Å². The van der Waals surface area contributed by atoms with Crippen LogP contribution >= 0.6 is 0 Å². The van der Waals surface area contributed by atoms with Crippen LogP contribution in [0, 0.1) is 0 Å². The molecule has 0 saturated carbocycles. The van der Waals surface area contributed by atoms with Crippen LogP contribution in [0.25, 0.3) is 5.70 Å². The Labute approximate surface area is 126 Å². The second-order valence-electron chi connectivity index (χ2n) is 5.70. The average Bonchev–Trinajstić information content (AvgIpc) is 2.90. The lowest BCUT2D eigenvalue weighted by molar-refractivity contribution is -0.148. The summed E-state index contributed by atoms with van der Waals surface area (Å²) >= 11 is 0. The number of hydrogen-bond acceptors (Lipinski definition) is 4. The molecule has 0 bridgehead atoms. The monoisotopic (exact) mass is 295 g/mol. The Kier molecular flexibility index (Phi) is 6.65. The van der Waals surface area contributed by atoms with Gasteiger partial charge in [0.2, 0.25) is 0 Å². The first kappa shape index (κ1) is 17.5. The SMILES string of the molecule is COC(CC/C(=C/C(=O)OC(C)(C)C)n1cccc1)OC. The number of hydrogen-bond donors (Lipinski definition) is 0. The molecule has 1 rings (SSSR count). The predicted octanol–water partition coefficient (Wildman–Crippen LogP) is 3.07. The number of carbonyl (C=O) groups excluding carboxylic acids is 1. The molecule has 21 heavy (non-hydrogen) atoms. The number of ether oxygens (including phenoxy) is 3. The first-order valence-electron chi connectivity index (χ1n) is 6.98. The van der Waals surface area contributed by atoms with Crippen molar-refractivity contribution in [1.82, 2.24) is 4.57 Å². The fraction of sp³-hybridized carbons (Fsp3) is 0.562. The second-order valence-corrected chi connectivity index (χ2v) is 5.70. The van der Waals surface area contributed by atoms with Crippen LogP contribution in [0.5, 0.6) is 0 Å². The maximum Gasteiger partial charge on any atom is 0.333 e. The van der Waals surface area contributed by atoms with E-state index < -0.39 is 5.60 Å². The molecule has 0 unspecified atom stereocenters. The Morgan fingerprint density at radius 1 is 1.19 bits per heavy atom. The normalized spacial score (nSPS) is 12.8. The number of aromatic nitrogens is 1. The van der Waals surface area contributed by atoms with E-state index in [0.717, 1.165) is 5.70 Å². The molecule has 0 fully saturated rings. The summed E-state index contributed by atoms with van der Waals surface area (Å²) in [5.41, 5.74) is 0.338. The molecule has 0 aliphatic carbocycles. The van der Waals surface area contributed by atoms with E-state index in [9.17, 15) is 4.79 Å². The number of nitrogens with zero attached hydrogens (tertiary/aromatic N) is 1. The summed E-state index contributed by atoms with van der Waals surface area (Å²) in [4.78, 5) is 12.0. The van der Waals surface area contributed by atoms with Crippen molar-refractivity contribution in [1.29, 1.82) is 0 Å². The lowest BCUT2D eigenvalue weighted by Gasteiger charge is -2.19. The van der Waals surface area contributed by atoms with Crippen molar-refractivity contribution in [3.63, 3.8) is 0 Å². The molecule has 118 valence electrons. The van der Waals surface area contributed by atoms with Crippen molar-refractivity contribution in [3.8, 4) is 0 Å². The Hall–Kier alpha value is -1.59. The highest BCUT2D eigenvalue weighted by molar-refractivity contribution is 5.88. The maximum atomic E-state index is 12.0. The molecule has 1 heterocycles. The quantitative estimate of drug-likeness (QED) is 0.441. The van der Waals surface area contributed by atoms with Crippen molar-refractivity contribution < 1.29 is 19.0 Å². The zero-order valence-corrected chi connectivity index (χ0v) is 13.5. The van der Waals surface area contributed by atoms with Crippen molar-refractivity contribution in [2.45, 2.75) is 45.5 Å². The molecule has 1 aromatic rings. The van der Waals surface area contributed by atoms with Gasteiger partial charge in [-0.05, 0) is 39.3 Å². The number of esters is 1. The molecule has 0 aliphatic rings. The van der Waals surface area contributed by atoms with E-state index in [4.69, 9.17) is 14.2 Å². The molecular weight excluding hydrogens is 270 g/mol.